The van der Waals surface area contributed by atoms with Crippen molar-refractivity contribution in [3.63, 3.8) is 0 Å². The van der Waals surface area contributed by atoms with Crippen LogP contribution >= 0.6 is 11.6 Å². The molecule has 1 unspecified atom stereocenters. The number of aryl methyl sites for hydroxylation is 1. The molecule has 0 radical (unpaired) electrons. The molecule has 2 fully saturated rings. The van der Waals surface area contributed by atoms with Crippen molar-refractivity contribution < 1.29 is 19.0 Å². The van der Waals surface area contributed by atoms with E-state index in [9.17, 15) is 14.7 Å². The van der Waals surface area contributed by atoms with Crippen LogP contribution in [0.4, 0.5) is 10.2 Å². The quantitative estimate of drug-likeness (QED) is 0.328. The number of hydrogen-bond acceptors (Lipinski definition) is 8. The molecular formula is C31H32ClFN6O4. The van der Waals surface area contributed by atoms with Gasteiger partial charge in [0, 0.05) is 31.4 Å². The second-order valence-corrected chi connectivity index (χ2v) is 12.0. The molecule has 5 heterocycles. The number of fused-ring (bicyclic) bond motifs is 1. The van der Waals surface area contributed by atoms with Gasteiger partial charge in [0.05, 0.1) is 39.7 Å². The zero-order chi connectivity index (χ0) is 30.7. The Balaban J connectivity index is 1.61. The van der Waals surface area contributed by atoms with Crippen molar-refractivity contribution in [2.24, 2.45) is 0 Å². The lowest BCUT2D eigenvalue weighted by Gasteiger charge is -2.44. The highest BCUT2D eigenvalue weighted by molar-refractivity contribution is 6.34. The molecule has 1 aromatic carbocycles. The van der Waals surface area contributed by atoms with Gasteiger partial charge in [-0.25, -0.2) is 18.7 Å². The second kappa shape index (κ2) is 10.9. The number of ether oxygens (including phenoxy) is 1. The number of piperazine rings is 1. The predicted molar refractivity (Wildman–Crippen MR) is 162 cm³/mol. The van der Waals surface area contributed by atoms with E-state index in [-0.39, 0.29) is 51.6 Å². The first-order valence-electron chi connectivity index (χ1n) is 14.2. The second-order valence-electron chi connectivity index (χ2n) is 11.6. The molecule has 2 aliphatic rings. The fourth-order valence-corrected chi connectivity index (χ4v) is 6.08. The standard InChI is InChI=1S/C31H32ClFN6O4/c1-15(2)25-27(16(3)9-10-34-25)39-29-19(11-20(32)26(35-29)24-21(33)7-6-8-22(24)40)28(36-31(39)42)37-12-18(5)38(13-17(37)4)30(41)23-14-43-23/h6-11,15,17-18,23,40H,12-14H2,1-5H3/t17-,18+,23?/m0/s1. The van der Waals surface area contributed by atoms with Gasteiger partial charge in [-0.2, -0.15) is 4.98 Å². The molecule has 0 spiro atoms. The summed E-state index contributed by atoms with van der Waals surface area (Å²) < 4.78 is 21.7. The number of hydrogen-bond donors (Lipinski definition) is 1. The van der Waals surface area contributed by atoms with E-state index >= 15 is 4.39 Å². The predicted octanol–water partition coefficient (Wildman–Crippen LogP) is 4.60. The highest BCUT2D eigenvalue weighted by atomic mass is 35.5. The molecule has 4 aromatic rings. The lowest BCUT2D eigenvalue weighted by Crippen LogP contribution is -2.59. The summed E-state index contributed by atoms with van der Waals surface area (Å²) in [5.41, 5.74) is 1.40. The third kappa shape index (κ3) is 5.00. The summed E-state index contributed by atoms with van der Waals surface area (Å²) in [6, 6.07) is 6.97. The molecule has 3 aromatic heterocycles. The Kier molecular flexibility index (Phi) is 7.34. The molecule has 1 N–H and O–H groups in total. The lowest BCUT2D eigenvalue weighted by molar-refractivity contribution is -0.135. The van der Waals surface area contributed by atoms with Crippen LogP contribution in [0.1, 0.15) is 44.9 Å². The Bertz CT molecular complexity index is 1800. The summed E-state index contributed by atoms with van der Waals surface area (Å²) in [6.07, 6.45) is 1.30. The molecule has 1 amide bonds. The van der Waals surface area contributed by atoms with Crippen molar-refractivity contribution in [2.75, 3.05) is 24.6 Å². The van der Waals surface area contributed by atoms with Crippen LogP contribution in [0.2, 0.25) is 5.02 Å². The topological polar surface area (TPSA) is 117 Å². The number of amides is 1. The number of carbonyl (C=O) groups is 1. The number of rotatable bonds is 5. The number of phenols is 1. The first kappa shape index (κ1) is 29.0. The molecule has 43 heavy (non-hydrogen) atoms. The van der Waals surface area contributed by atoms with Crippen LogP contribution in [-0.4, -0.2) is 73.3 Å². The lowest BCUT2D eigenvalue weighted by atomic mass is 10.0. The van der Waals surface area contributed by atoms with Gasteiger partial charge in [-0.3, -0.25) is 9.78 Å². The Morgan fingerprint density at radius 1 is 1.16 bits per heavy atom. The maximum atomic E-state index is 15.1. The SMILES string of the molecule is Cc1ccnc(C(C)C)c1-n1c(=O)nc(N2C[C@@H](C)N(C(=O)C3CO3)C[C@@H]2C)c2cc(Cl)c(-c3c(O)cccc3F)nc21. The average Bonchev–Trinajstić information content (AvgIpc) is 3.80. The van der Waals surface area contributed by atoms with Gasteiger partial charge < -0.3 is 19.6 Å². The Morgan fingerprint density at radius 2 is 1.91 bits per heavy atom. The molecule has 224 valence electrons. The average molecular weight is 607 g/mol. The van der Waals surface area contributed by atoms with Crippen LogP contribution in [0.25, 0.3) is 28.0 Å². The minimum absolute atomic E-state index is 0.0102. The van der Waals surface area contributed by atoms with Crippen LogP contribution < -0.4 is 10.6 Å². The molecular weight excluding hydrogens is 575 g/mol. The summed E-state index contributed by atoms with van der Waals surface area (Å²) in [4.78, 5) is 44.6. The van der Waals surface area contributed by atoms with Crippen molar-refractivity contribution in [1.82, 2.24) is 24.4 Å². The van der Waals surface area contributed by atoms with Crippen LogP contribution in [-0.2, 0) is 9.53 Å². The van der Waals surface area contributed by atoms with Gasteiger partial charge >= 0.3 is 5.69 Å². The largest absolute Gasteiger partial charge is 0.507 e. The van der Waals surface area contributed by atoms with Gasteiger partial charge in [-0.15, -0.1) is 0 Å². The fraction of sp³-hybridized carbons (Fsp3) is 0.387. The normalized spacial score (nSPS) is 20.2. The smallest absolute Gasteiger partial charge is 0.355 e. The van der Waals surface area contributed by atoms with Crippen LogP contribution in [0, 0.1) is 12.7 Å². The number of anilines is 1. The summed E-state index contributed by atoms with van der Waals surface area (Å²) in [5.74, 6) is -0.766. The summed E-state index contributed by atoms with van der Waals surface area (Å²) in [5, 5.41) is 11.1. The minimum atomic E-state index is -0.708. The van der Waals surface area contributed by atoms with Crippen molar-refractivity contribution in [3.05, 3.63) is 69.1 Å². The van der Waals surface area contributed by atoms with Gasteiger partial charge in [0.2, 0.25) is 0 Å². The number of carbonyl (C=O) groups excluding carboxylic acids is 1. The first-order valence-corrected chi connectivity index (χ1v) is 14.6. The minimum Gasteiger partial charge on any atom is -0.507 e. The highest BCUT2D eigenvalue weighted by Gasteiger charge is 2.41. The monoisotopic (exact) mass is 606 g/mol. The molecule has 2 saturated heterocycles. The number of nitrogens with zero attached hydrogens (tertiary/aromatic N) is 6. The molecule has 0 bridgehead atoms. The van der Waals surface area contributed by atoms with Crippen LogP contribution in [0.3, 0.4) is 0 Å². The molecule has 12 heteroatoms. The Hall–Kier alpha value is -4.09. The third-order valence-corrected chi connectivity index (χ3v) is 8.39. The number of benzene rings is 1. The zero-order valence-electron chi connectivity index (χ0n) is 24.5. The van der Waals surface area contributed by atoms with Crippen molar-refractivity contribution >= 4 is 34.4 Å². The van der Waals surface area contributed by atoms with Gasteiger partial charge in [0.15, 0.2) is 11.8 Å². The van der Waals surface area contributed by atoms with E-state index in [0.29, 0.717) is 42.3 Å². The van der Waals surface area contributed by atoms with E-state index in [0.717, 1.165) is 5.56 Å². The maximum Gasteiger partial charge on any atom is 0.355 e. The van der Waals surface area contributed by atoms with E-state index in [1.54, 1.807) is 23.2 Å². The van der Waals surface area contributed by atoms with E-state index in [1.165, 1.54) is 22.8 Å². The van der Waals surface area contributed by atoms with Crippen LogP contribution in [0.15, 0.2) is 41.3 Å². The molecule has 6 rings (SSSR count). The maximum absolute atomic E-state index is 15.1. The number of pyridine rings is 2. The number of aromatic nitrogens is 4. The van der Waals surface area contributed by atoms with Crippen molar-refractivity contribution in [3.8, 4) is 22.7 Å². The molecule has 3 atom stereocenters. The van der Waals surface area contributed by atoms with Crippen molar-refractivity contribution in [1.29, 1.82) is 0 Å². The van der Waals surface area contributed by atoms with E-state index in [2.05, 4.69) is 9.97 Å². The van der Waals surface area contributed by atoms with Gasteiger partial charge in [0.1, 0.15) is 17.4 Å². The van der Waals surface area contributed by atoms with E-state index in [4.69, 9.17) is 21.3 Å². The van der Waals surface area contributed by atoms with E-state index in [1.807, 2.05) is 39.5 Å². The van der Waals surface area contributed by atoms with Crippen LogP contribution in [0.5, 0.6) is 5.75 Å². The number of phenolic OH excluding ortho intramolecular Hbond substituents is 1. The number of aromatic hydroxyl groups is 1. The molecule has 10 nitrogen and oxygen atoms in total. The summed E-state index contributed by atoms with van der Waals surface area (Å²) in [7, 11) is 0. The Labute approximate surface area is 252 Å². The first-order chi connectivity index (χ1) is 20.5. The molecule has 0 saturated carbocycles. The third-order valence-electron chi connectivity index (χ3n) is 8.10. The van der Waals surface area contributed by atoms with Crippen molar-refractivity contribution in [2.45, 2.75) is 58.7 Å². The fourth-order valence-electron chi connectivity index (χ4n) is 5.84. The highest BCUT2D eigenvalue weighted by Crippen LogP contribution is 2.39. The van der Waals surface area contributed by atoms with Gasteiger partial charge in [0.25, 0.3) is 5.91 Å². The van der Waals surface area contributed by atoms with Gasteiger partial charge in [-0.1, -0.05) is 31.5 Å². The summed E-state index contributed by atoms with van der Waals surface area (Å²) >= 11 is 6.76. The summed E-state index contributed by atoms with van der Waals surface area (Å²) in [6.45, 7) is 11.0. The van der Waals surface area contributed by atoms with E-state index < -0.39 is 17.6 Å². The zero-order valence-corrected chi connectivity index (χ0v) is 25.3. The molecule has 0 aliphatic carbocycles. The number of epoxide rings is 1. The Morgan fingerprint density at radius 3 is 2.58 bits per heavy atom. The number of halogens is 2. The molecule has 2 aliphatic heterocycles. The van der Waals surface area contributed by atoms with Gasteiger partial charge in [-0.05, 0) is 56.5 Å².